The first-order valence-corrected chi connectivity index (χ1v) is 7.40. The number of anilines is 1. The molecule has 0 aromatic heterocycles. The zero-order chi connectivity index (χ0) is 15.4. The molecule has 5 heteroatoms. The first-order chi connectivity index (χ1) is 9.97. The molecule has 0 unspecified atom stereocenters. The summed E-state index contributed by atoms with van der Waals surface area (Å²) in [6.45, 7) is 4.47. The molecule has 0 radical (unpaired) electrons. The molecule has 0 bridgehead atoms. The number of amides is 3. The predicted molar refractivity (Wildman–Crippen MR) is 83.5 cm³/mol. The van der Waals surface area contributed by atoms with Crippen molar-refractivity contribution in [3.63, 3.8) is 0 Å². The molecule has 2 N–H and O–H groups in total. The highest BCUT2D eigenvalue weighted by atomic mass is 16.2. The van der Waals surface area contributed by atoms with Crippen LogP contribution in [-0.2, 0) is 17.6 Å². The third-order valence-corrected chi connectivity index (χ3v) is 3.61. The maximum absolute atomic E-state index is 11.6. The van der Waals surface area contributed by atoms with E-state index in [2.05, 4.69) is 16.7 Å². The second-order valence-electron chi connectivity index (χ2n) is 5.72. The van der Waals surface area contributed by atoms with E-state index >= 15 is 0 Å². The van der Waals surface area contributed by atoms with E-state index in [1.807, 2.05) is 33.0 Å². The minimum Gasteiger partial charge on any atom is -0.338 e. The van der Waals surface area contributed by atoms with E-state index in [1.54, 1.807) is 4.90 Å². The molecule has 1 aromatic carbocycles. The van der Waals surface area contributed by atoms with Crippen molar-refractivity contribution in [1.82, 2.24) is 10.6 Å². The first-order valence-electron chi connectivity index (χ1n) is 7.40. The summed E-state index contributed by atoms with van der Waals surface area (Å²) in [5, 5.41) is 5.64. The monoisotopic (exact) mass is 289 g/mol. The van der Waals surface area contributed by atoms with Gasteiger partial charge >= 0.3 is 6.03 Å². The lowest BCUT2D eigenvalue weighted by atomic mass is 9.98. The Hall–Kier alpha value is -2.04. The van der Waals surface area contributed by atoms with Crippen molar-refractivity contribution >= 4 is 17.6 Å². The van der Waals surface area contributed by atoms with E-state index in [4.69, 9.17) is 0 Å². The van der Waals surface area contributed by atoms with Crippen molar-refractivity contribution in [1.29, 1.82) is 0 Å². The number of hydrogen-bond donors (Lipinski definition) is 2. The predicted octanol–water partition coefficient (Wildman–Crippen LogP) is 1.85. The fourth-order valence-electron chi connectivity index (χ4n) is 2.50. The minimum atomic E-state index is -0.131. The normalized spacial score (nSPS) is 14.1. The second-order valence-corrected chi connectivity index (χ2v) is 5.72. The molecule has 0 saturated carbocycles. The molecular formula is C16H23N3O2. The molecule has 0 saturated heterocycles. The second kappa shape index (κ2) is 6.61. The number of urea groups is 1. The van der Waals surface area contributed by atoms with E-state index in [0.717, 1.165) is 18.5 Å². The van der Waals surface area contributed by atoms with Crippen molar-refractivity contribution in [3.05, 3.63) is 29.3 Å². The third kappa shape index (κ3) is 3.97. The molecule has 21 heavy (non-hydrogen) atoms. The Bertz CT molecular complexity index is 540. The highest BCUT2D eigenvalue weighted by molar-refractivity contribution is 5.95. The maximum atomic E-state index is 11.6. The number of benzene rings is 1. The third-order valence-electron chi connectivity index (χ3n) is 3.61. The number of nitrogens with one attached hydrogen (secondary N) is 2. The van der Waals surface area contributed by atoms with Crippen LogP contribution in [0.25, 0.3) is 0 Å². The molecule has 2 rings (SSSR count). The smallest absolute Gasteiger partial charge is 0.314 e. The van der Waals surface area contributed by atoms with Gasteiger partial charge in [-0.2, -0.15) is 0 Å². The average Bonchev–Trinajstić information content (AvgIpc) is 2.42. The van der Waals surface area contributed by atoms with Crippen LogP contribution in [0.3, 0.4) is 0 Å². The summed E-state index contributed by atoms with van der Waals surface area (Å²) in [5.74, 6) is 0.169. The Morgan fingerprint density at radius 1 is 1.33 bits per heavy atom. The van der Waals surface area contributed by atoms with Crippen molar-refractivity contribution in [2.24, 2.45) is 0 Å². The molecule has 0 aliphatic carbocycles. The van der Waals surface area contributed by atoms with Gasteiger partial charge in [0.1, 0.15) is 0 Å². The Kier molecular flexibility index (Phi) is 4.83. The number of nitrogens with zero attached hydrogens (tertiary/aromatic N) is 1. The Morgan fingerprint density at radius 3 is 2.81 bits per heavy atom. The van der Waals surface area contributed by atoms with Gasteiger partial charge in [0.05, 0.1) is 0 Å². The fourth-order valence-corrected chi connectivity index (χ4v) is 2.50. The highest BCUT2D eigenvalue weighted by Gasteiger charge is 2.20. The van der Waals surface area contributed by atoms with Gasteiger partial charge in [0.25, 0.3) is 0 Å². The SMILES string of the molecule is CC(C)NC(=O)NCCc1ccc2c(c1)CCC(=O)N2C. The van der Waals surface area contributed by atoms with Gasteiger partial charge in [0.2, 0.25) is 5.91 Å². The quantitative estimate of drug-likeness (QED) is 0.888. The summed E-state index contributed by atoms with van der Waals surface area (Å²) in [6, 6.07) is 6.17. The van der Waals surface area contributed by atoms with Crippen LogP contribution < -0.4 is 15.5 Å². The van der Waals surface area contributed by atoms with Gasteiger partial charge in [0, 0.05) is 31.7 Å². The van der Waals surface area contributed by atoms with E-state index < -0.39 is 0 Å². The molecule has 0 atom stereocenters. The molecular weight excluding hydrogens is 266 g/mol. The molecule has 1 aliphatic heterocycles. The van der Waals surface area contributed by atoms with Crippen LogP contribution in [0.5, 0.6) is 0 Å². The van der Waals surface area contributed by atoms with Crippen LogP contribution in [0.15, 0.2) is 18.2 Å². The Labute approximate surface area is 125 Å². The van der Waals surface area contributed by atoms with Crippen molar-refractivity contribution in [3.8, 4) is 0 Å². The summed E-state index contributed by atoms with van der Waals surface area (Å²) in [6.07, 6.45) is 2.16. The standard InChI is InChI=1S/C16H23N3O2/c1-11(2)18-16(21)17-9-8-12-4-6-14-13(10-12)5-7-15(20)19(14)3/h4,6,10-11H,5,7-9H2,1-3H3,(H2,17,18,21). The van der Waals surface area contributed by atoms with Gasteiger partial charge in [-0.05, 0) is 43.9 Å². The molecule has 3 amide bonds. The van der Waals surface area contributed by atoms with E-state index in [-0.39, 0.29) is 18.0 Å². The van der Waals surface area contributed by atoms with Crippen LogP contribution >= 0.6 is 0 Å². The molecule has 1 aromatic rings. The zero-order valence-corrected chi connectivity index (χ0v) is 12.9. The van der Waals surface area contributed by atoms with Crippen molar-refractivity contribution in [2.75, 3.05) is 18.5 Å². The van der Waals surface area contributed by atoms with Gasteiger partial charge in [-0.1, -0.05) is 12.1 Å². The molecule has 1 aliphatic rings. The van der Waals surface area contributed by atoms with Gasteiger partial charge in [0.15, 0.2) is 0 Å². The van der Waals surface area contributed by atoms with Crippen LogP contribution in [0.1, 0.15) is 31.4 Å². The minimum absolute atomic E-state index is 0.131. The molecule has 0 spiro atoms. The number of aryl methyl sites for hydroxylation is 1. The summed E-state index contributed by atoms with van der Waals surface area (Å²) in [4.78, 5) is 24.9. The van der Waals surface area contributed by atoms with Gasteiger partial charge in [-0.15, -0.1) is 0 Å². The summed E-state index contributed by atoms with van der Waals surface area (Å²) in [7, 11) is 1.82. The largest absolute Gasteiger partial charge is 0.338 e. The van der Waals surface area contributed by atoms with Crippen LogP contribution in [0.4, 0.5) is 10.5 Å². The zero-order valence-electron chi connectivity index (χ0n) is 12.9. The number of hydrogen-bond acceptors (Lipinski definition) is 2. The summed E-state index contributed by atoms with van der Waals surface area (Å²) >= 11 is 0. The summed E-state index contributed by atoms with van der Waals surface area (Å²) in [5.41, 5.74) is 3.39. The fraction of sp³-hybridized carbons (Fsp3) is 0.500. The number of carbonyl (C=O) groups is 2. The summed E-state index contributed by atoms with van der Waals surface area (Å²) < 4.78 is 0. The lowest BCUT2D eigenvalue weighted by Gasteiger charge is -2.26. The number of fused-ring (bicyclic) bond motifs is 1. The lowest BCUT2D eigenvalue weighted by Crippen LogP contribution is -2.40. The van der Waals surface area contributed by atoms with Gasteiger partial charge in [-0.3, -0.25) is 4.79 Å². The lowest BCUT2D eigenvalue weighted by molar-refractivity contribution is -0.118. The maximum Gasteiger partial charge on any atom is 0.314 e. The number of carbonyl (C=O) groups excluding carboxylic acids is 2. The van der Waals surface area contributed by atoms with Crippen LogP contribution in [0.2, 0.25) is 0 Å². The molecule has 1 heterocycles. The van der Waals surface area contributed by atoms with E-state index in [0.29, 0.717) is 13.0 Å². The topological polar surface area (TPSA) is 61.4 Å². The van der Waals surface area contributed by atoms with Crippen LogP contribution in [-0.4, -0.2) is 31.6 Å². The van der Waals surface area contributed by atoms with E-state index in [1.165, 1.54) is 11.1 Å². The molecule has 5 nitrogen and oxygen atoms in total. The van der Waals surface area contributed by atoms with Gasteiger partial charge in [-0.25, -0.2) is 4.79 Å². The molecule has 0 fully saturated rings. The van der Waals surface area contributed by atoms with E-state index in [9.17, 15) is 9.59 Å². The average molecular weight is 289 g/mol. The Balaban J connectivity index is 1.91. The highest BCUT2D eigenvalue weighted by Crippen LogP contribution is 2.27. The van der Waals surface area contributed by atoms with Crippen LogP contribution in [0, 0.1) is 0 Å². The van der Waals surface area contributed by atoms with Crippen molar-refractivity contribution < 1.29 is 9.59 Å². The Morgan fingerprint density at radius 2 is 2.10 bits per heavy atom. The van der Waals surface area contributed by atoms with Gasteiger partial charge < -0.3 is 15.5 Å². The first kappa shape index (κ1) is 15.4. The molecule has 114 valence electrons. The number of rotatable bonds is 4. The van der Waals surface area contributed by atoms with Crippen molar-refractivity contribution in [2.45, 2.75) is 39.2 Å².